The van der Waals surface area contributed by atoms with Crippen molar-refractivity contribution in [1.29, 1.82) is 0 Å². The number of aryl methyl sites for hydroxylation is 1. The van der Waals surface area contributed by atoms with Crippen LogP contribution < -0.4 is 10.1 Å². The number of pyridine rings is 1. The third-order valence-electron chi connectivity index (χ3n) is 6.47. The lowest BCUT2D eigenvalue weighted by molar-refractivity contribution is -0.124. The first-order chi connectivity index (χ1) is 17.9. The van der Waals surface area contributed by atoms with E-state index in [1.54, 1.807) is 6.20 Å². The maximum Gasteiger partial charge on any atom is 0.258 e. The van der Waals surface area contributed by atoms with E-state index >= 15 is 0 Å². The Morgan fingerprint density at radius 2 is 1.68 bits per heavy atom. The molecule has 2 aromatic heterocycles. The van der Waals surface area contributed by atoms with Gasteiger partial charge in [-0.05, 0) is 66.5 Å². The number of benzene rings is 1. The highest BCUT2D eigenvalue weighted by Crippen LogP contribution is 2.41. The third kappa shape index (κ3) is 6.34. The average molecular weight is 511 g/mol. The van der Waals surface area contributed by atoms with Crippen molar-refractivity contribution in [3.05, 3.63) is 46.3 Å². The standard InChI is InChI=1S/C28H38N4O5/c1-6-18-13-17(11-12-29-18)28-31-27(32-37-28)25-20(7-2)22(9-4)26(23(10-5)21(25)8-3)36-16-19(34)14-30-24(35)15-33/h11-13,19,33-34H,6-10,14-16H2,1-5H3,(H,30,35). The number of hydrogen-bond donors (Lipinski definition) is 3. The van der Waals surface area contributed by atoms with Crippen molar-refractivity contribution in [3.8, 4) is 28.6 Å². The molecule has 0 saturated heterocycles. The summed E-state index contributed by atoms with van der Waals surface area (Å²) in [5.41, 5.74) is 7.11. The van der Waals surface area contributed by atoms with Crippen LogP contribution in [0, 0.1) is 0 Å². The fourth-order valence-electron chi connectivity index (χ4n) is 4.69. The summed E-state index contributed by atoms with van der Waals surface area (Å²) in [5, 5.41) is 26.1. The van der Waals surface area contributed by atoms with Crippen LogP contribution in [-0.4, -0.2) is 57.1 Å². The van der Waals surface area contributed by atoms with Crippen molar-refractivity contribution >= 4 is 5.91 Å². The average Bonchev–Trinajstić information content (AvgIpc) is 3.43. The zero-order chi connectivity index (χ0) is 26.9. The number of carbonyl (C=O) groups excluding carboxylic acids is 1. The van der Waals surface area contributed by atoms with Crippen LogP contribution in [-0.2, 0) is 36.9 Å². The van der Waals surface area contributed by atoms with Gasteiger partial charge in [0.25, 0.3) is 5.89 Å². The van der Waals surface area contributed by atoms with Crippen LogP contribution in [0.25, 0.3) is 22.8 Å². The highest BCUT2D eigenvalue weighted by atomic mass is 16.5. The minimum absolute atomic E-state index is 0.00203. The summed E-state index contributed by atoms with van der Waals surface area (Å²) >= 11 is 0. The number of rotatable bonds is 13. The van der Waals surface area contributed by atoms with Crippen LogP contribution >= 0.6 is 0 Å². The molecule has 0 saturated carbocycles. The highest BCUT2D eigenvalue weighted by molar-refractivity contribution is 5.77. The maximum absolute atomic E-state index is 11.3. The number of aliphatic hydroxyl groups is 2. The monoisotopic (exact) mass is 510 g/mol. The number of amides is 1. The van der Waals surface area contributed by atoms with Crippen LogP contribution in [0.5, 0.6) is 5.75 Å². The summed E-state index contributed by atoms with van der Waals surface area (Å²) in [7, 11) is 0. The molecule has 0 fully saturated rings. The van der Waals surface area contributed by atoms with Crippen molar-refractivity contribution in [2.75, 3.05) is 19.8 Å². The van der Waals surface area contributed by atoms with Gasteiger partial charge in [0.05, 0.1) is 0 Å². The van der Waals surface area contributed by atoms with E-state index in [0.717, 1.165) is 76.9 Å². The van der Waals surface area contributed by atoms with Crippen molar-refractivity contribution in [3.63, 3.8) is 0 Å². The molecule has 1 atom stereocenters. The SMILES string of the molecule is CCc1cc(-c2nc(-c3c(CC)c(CC)c(OCC(O)CNC(=O)CO)c(CC)c3CC)no2)ccn1. The topological polar surface area (TPSA) is 131 Å². The predicted octanol–water partition coefficient (Wildman–Crippen LogP) is 3.46. The number of nitrogens with zero attached hydrogens (tertiary/aromatic N) is 3. The number of aromatic nitrogens is 3. The van der Waals surface area contributed by atoms with E-state index < -0.39 is 18.6 Å². The first-order valence-corrected chi connectivity index (χ1v) is 13.1. The number of hydrogen-bond acceptors (Lipinski definition) is 8. The first-order valence-electron chi connectivity index (χ1n) is 13.1. The smallest absolute Gasteiger partial charge is 0.258 e. The summed E-state index contributed by atoms with van der Waals surface area (Å²) in [6.07, 6.45) is 4.63. The van der Waals surface area contributed by atoms with Gasteiger partial charge in [0.2, 0.25) is 11.7 Å². The normalized spacial score (nSPS) is 12.0. The molecule has 1 aromatic carbocycles. The largest absolute Gasteiger partial charge is 0.490 e. The van der Waals surface area contributed by atoms with Gasteiger partial charge in [0.15, 0.2) is 0 Å². The number of nitrogens with one attached hydrogen (secondary N) is 1. The Bertz CT molecular complexity index is 1170. The summed E-state index contributed by atoms with van der Waals surface area (Å²) in [6.45, 7) is 9.82. The molecule has 0 aliphatic heterocycles. The molecule has 2 heterocycles. The van der Waals surface area contributed by atoms with Crippen LogP contribution in [0.15, 0.2) is 22.9 Å². The van der Waals surface area contributed by atoms with Crippen LogP contribution in [0.4, 0.5) is 0 Å². The van der Waals surface area contributed by atoms with Crippen molar-refractivity contribution < 1.29 is 24.3 Å². The van der Waals surface area contributed by atoms with Crippen molar-refractivity contribution in [2.45, 2.75) is 72.8 Å². The number of carbonyl (C=O) groups is 1. The second-order valence-electron chi connectivity index (χ2n) is 8.77. The lowest BCUT2D eigenvalue weighted by atomic mass is 9.85. The van der Waals surface area contributed by atoms with Gasteiger partial charge in [0.1, 0.15) is 25.1 Å². The molecule has 1 amide bonds. The molecule has 9 heteroatoms. The molecule has 0 aliphatic carbocycles. The zero-order valence-corrected chi connectivity index (χ0v) is 22.4. The molecule has 0 bridgehead atoms. The number of ether oxygens (including phenoxy) is 1. The molecule has 3 N–H and O–H groups in total. The van der Waals surface area contributed by atoms with Gasteiger partial charge in [-0.2, -0.15) is 4.98 Å². The Morgan fingerprint density at radius 3 is 2.24 bits per heavy atom. The van der Waals surface area contributed by atoms with Gasteiger partial charge in [-0.1, -0.05) is 39.8 Å². The van der Waals surface area contributed by atoms with Crippen molar-refractivity contribution in [2.24, 2.45) is 0 Å². The molecule has 1 unspecified atom stereocenters. The molecule has 3 rings (SSSR count). The Labute approximate surface area is 218 Å². The maximum atomic E-state index is 11.3. The molecular formula is C28H38N4O5. The molecule has 3 aromatic rings. The summed E-state index contributed by atoms with van der Waals surface area (Å²) in [5.74, 6) is 1.26. The summed E-state index contributed by atoms with van der Waals surface area (Å²) in [4.78, 5) is 20.5. The van der Waals surface area contributed by atoms with Gasteiger partial charge in [-0.25, -0.2) is 0 Å². The first kappa shape index (κ1) is 28.3. The number of aliphatic hydroxyl groups excluding tert-OH is 2. The fourth-order valence-corrected chi connectivity index (χ4v) is 4.69. The Hall–Kier alpha value is -3.30. The van der Waals surface area contributed by atoms with E-state index in [-0.39, 0.29) is 13.2 Å². The molecular weight excluding hydrogens is 472 g/mol. The van der Waals surface area contributed by atoms with Crippen molar-refractivity contribution in [1.82, 2.24) is 20.4 Å². The van der Waals surface area contributed by atoms with Gasteiger partial charge < -0.3 is 24.8 Å². The Balaban J connectivity index is 2.05. The molecule has 200 valence electrons. The van der Waals surface area contributed by atoms with E-state index in [4.69, 9.17) is 19.4 Å². The van der Waals surface area contributed by atoms with Gasteiger partial charge in [-0.3, -0.25) is 9.78 Å². The molecule has 9 nitrogen and oxygen atoms in total. The quantitative estimate of drug-likeness (QED) is 0.319. The van der Waals surface area contributed by atoms with Crippen LogP contribution in [0.1, 0.15) is 62.6 Å². The molecule has 0 radical (unpaired) electrons. The van der Waals surface area contributed by atoms with Gasteiger partial charge in [0, 0.05) is 29.6 Å². The Kier molecular flexibility index (Phi) is 10.2. The van der Waals surface area contributed by atoms with E-state index in [9.17, 15) is 9.90 Å². The third-order valence-corrected chi connectivity index (χ3v) is 6.47. The summed E-state index contributed by atoms with van der Waals surface area (Å²) in [6, 6.07) is 3.84. The minimum atomic E-state index is -0.909. The fraction of sp³-hybridized carbons (Fsp3) is 0.500. The summed E-state index contributed by atoms with van der Waals surface area (Å²) < 4.78 is 11.9. The lowest BCUT2D eigenvalue weighted by Crippen LogP contribution is -2.36. The molecule has 37 heavy (non-hydrogen) atoms. The molecule has 0 aliphatic rings. The minimum Gasteiger partial charge on any atom is -0.490 e. The second-order valence-corrected chi connectivity index (χ2v) is 8.77. The Morgan fingerprint density at radius 1 is 1.03 bits per heavy atom. The second kappa shape index (κ2) is 13.3. The van der Waals surface area contributed by atoms with E-state index in [0.29, 0.717) is 11.7 Å². The highest BCUT2D eigenvalue weighted by Gasteiger charge is 2.26. The van der Waals surface area contributed by atoms with Crippen LogP contribution in [0.3, 0.4) is 0 Å². The van der Waals surface area contributed by atoms with E-state index in [1.165, 1.54) is 0 Å². The predicted molar refractivity (Wildman–Crippen MR) is 141 cm³/mol. The van der Waals surface area contributed by atoms with Gasteiger partial charge >= 0.3 is 0 Å². The zero-order valence-electron chi connectivity index (χ0n) is 22.4. The van der Waals surface area contributed by atoms with E-state index in [2.05, 4.69) is 50.1 Å². The van der Waals surface area contributed by atoms with Crippen LogP contribution in [0.2, 0.25) is 0 Å². The van der Waals surface area contributed by atoms with E-state index in [1.807, 2.05) is 12.1 Å². The van der Waals surface area contributed by atoms with Gasteiger partial charge in [-0.15, -0.1) is 0 Å². The lowest BCUT2D eigenvalue weighted by Gasteiger charge is -2.25. The molecule has 0 spiro atoms.